The number of amides is 1. The summed E-state index contributed by atoms with van der Waals surface area (Å²) in [4.78, 5) is 16.6. The number of rotatable bonds is 3. The van der Waals surface area contributed by atoms with E-state index in [0.29, 0.717) is 6.42 Å². The van der Waals surface area contributed by atoms with Gasteiger partial charge in [-0.3, -0.25) is 14.5 Å². The Morgan fingerprint density at radius 3 is 2.79 bits per heavy atom. The normalized spacial score (nSPS) is 11.9. The van der Waals surface area contributed by atoms with Gasteiger partial charge in [0.2, 0.25) is 0 Å². The van der Waals surface area contributed by atoms with Gasteiger partial charge in [-0.25, -0.2) is 4.98 Å². The van der Waals surface area contributed by atoms with Crippen molar-refractivity contribution in [1.82, 2.24) is 30.0 Å². The number of aromatic nitrogens is 6. The van der Waals surface area contributed by atoms with Crippen LogP contribution in [0.15, 0.2) is 12.3 Å². The number of carbonyl (C=O) groups excluding carboxylic acids is 1. The Bertz CT molecular complexity index is 904. The maximum atomic E-state index is 13.0. The van der Waals surface area contributed by atoms with E-state index in [1.807, 2.05) is 0 Å². The minimum atomic E-state index is -4.62. The number of nitrogens with zero attached hydrogens (tertiary/aromatic N) is 5. The van der Waals surface area contributed by atoms with Crippen LogP contribution in [0.1, 0.15) is 28.7 Å². The summed E-state index contributed by atoms with van der Waals surface area (Å²) in [5, 5.41) is 14.7. The molecule has 3 aromatic rings. The molecule has 0 aliphatic heterocycles. The van der Waals surface area contributed by atoms with Crippen LogP contribution in [-0.2, 0) is 12.6 Å². The molecule has 0 spiro atoms. The van der Waals surface area contributed by atoms with Crippen LogP contribution in [0.3, 0.4) is 0 Å². The third-order valence-electron chi connectivity index (χ3n) is 3.20. The third kappa shape index (κ3) is 2.77. The van der Waals surface area contributed by atoms with E-state index in [-0.39, 0.29) is 28.0 Å². The molecular weight excluding hydrogens is 351 g/mol. The van der Waals surface area contributed by atoms with E-state index in [9.17, 15) is 18.0 Å². The van der Waals surface area contributed by atoms with E-state index in [2.05, 4.69) is 30.9 Å². The molecule has 3 aromatic heterocycles. The second kappa shape index (κ2) is 5.74. The SMILES string of the molecule is CCc1nc2c(Cl)cc(C(F)(F)F)cn2c1C(=O)Nc1nn[nH]n1. The van der Waals surface area contributed by atoms with Crippen molar-refractivity contribution >= 4 is 29.1 Å². The van der Waals surface area contributed by atoms with Crippen LogP contribution < -0.4 is 5.32 Å². The van der Waals surface area contributed by atoms with Gasteiger partial charge in [0.1, 0.15) is 5.69 Å². The number of aryl methyl sites for hydroxylation is 1. The summed E-state index contributed by atoms with van der Waals surface area (Å²) < 4.78 is 40.0. The van der Waals surface area contributed by atoms with E-state index in [4.69, 9.17) is 11.6 Å². The lowest BCUT2D eigenvalue weighted by molar-refractivity contribution is -0.137. The Morgan fingerprint density at radius 1 is 1.46 bits per heavy atom. The fraction of sp³-hybridized carbons (Fsp3) is 0.250. The van der Waals surface area contributed by atoms with E-state index < -0.39 is 17.6 Å². The zero-order valence-corrected chi connectivity index (χ0v) is 12.8. The van der Waals surface area contributed by atoms with Crippen molar-refractivity contribution in [3.63, 3.8) is 0 Å². The average molecular weight is 360 g/mol. The third-order valence-corrected chi connectivity index (χ3v) is 3.47. The lowest BCUT2D eigenvalue weighted by atomic mass is 10.2. The second-order valence-corrected chi connectivity index (χ2v) is 5.13. The molecule has 0 unspecified atom stereocenters. The van der Waals surface area contributed by atoms with Crippen molar-refractivity contribution in [3.8, 4) is 0 Å². The van der Waals surface area contributed by atoms with Crippen LogP contribution in [0.4, 0.5) is 19.1 Å². The first kappa shape index (κ1) is 16.2. The zero-order chi connectivity index (χ0) is 17.5. The van der Waals surface area contributed by atoms with Crippen LogP contribution in [-0.4, -0.2) is 35.9 Å². The van der Waals surface area contributed by atoms with Gasteiger partial charge < -0.3 is 0 Å². The summed E-state index contributed by atoms with van der Waals surface area (Å²) in [7, 11) is 0. The number of tetrazole rings is 1. The lowest BCUT2D eigenvalue weighted by Crippen LogP contribution is -2.18. The van der Waals surface area contributed by atoms with Gasteiger partial charge in [-0.2, -0.15) is 18.4 Å². The monoisotopic (exact) mass is 359 g/mol. The van der Waals surface area contributed by atoms with Crippen molar-refractivity contribution in [2.24, 2.45) is 0 Å². The highest BCUT2D eigenvalue weighted by molar-refractivity contribution is 6.33. The number of pyridine rings is 1. The molecule has 24 heavy (non-hydrogen) atoms. The summed E-state index contributed by atoms with van der Waals surface area (Å²) in [6.45, 7) is 1.71. The number of hydrogen-bond acceptors (Lipinski definition) is 5. The minimum Gasteiger partial charge on any atom is -0.293 e. The molecular formula is C12H9ClF3N7O. The van der Waals surface area contributed by atoms with Crippen molar-refractivity contribution in [2.75, 3.05) is 5.32 Å². The number of halogens is 4. The summed E-state index contributed by atoms with van der Waals surface area (Å²) in [5.74, 6) is -0.841. The Hall–Kier alpha value is -2.69. The lowest BCUT2D eigenvalue weighted by Gasteiger charge is -2.09. The Kier molecular flexibility index (Phi) is 3.87. The van der Waals surface area contributed by atoms with E-state index in [0.717, 1.165) is 16.7 Å². The first-order chi connectivity index (χ1) is 11.3. The summed E-state index contributed by atoms with van der Waals surface area (Å²) in [6.07, 6.45) is -3.53. The van der Waals surface area contributed by atoms with Gasteiger partial charge in [0.05, 0.1) is 16.3 Å². The largest absolute Gasteiger partial charge is 0.417 e. The van der Waals surface area contributed by atoms with Crippen LogP contribution in [0.25, 0.3) is 5.65 Å². The standard InChI is InChI=1S/C12H9ClF3N7O/c1-2-7-8(10(24)18-11-19-21-22-20-11)23-4-5(12(14,15)16)3-6(13)9(23)17-7/h3-4H,2H2,1H3,(H2,18,19,20,21,22,24). The van der Waals surface area contributed by atoms with Gasteiger partial charge in [0, 0.05) is 6.20 Å². The van der Waals surface area contributed by atoms with Crippen LogP contribution in [0, 0.1) is 0 Å². The number of carbonyl (C=O) groups is 1. The molecule has 0 bridgehead atoms. The number of fused-ring (bicyclic) bond motifs is 1. The molecule has 0 saturated carbocycles. The highest BCUT2D eigenvalue weighted by atomic mass is 35.5. The molecule has 126 valence electrons. The molecule has 0 radical (unpaired) electrons. The number of hydrogen-bond donors (Lipinski definition) is 2. The molecule has 3 rings (SSSR count). The Labute approximate surface area is 137 Å². The molecule has 12 heteroatoms. The van der Waals surface area contributed by atoms with Gasteiger partial charge in [0.15, 0.2) is 5.65 Å². The van der Waals surface area contributed by atoms with Gasteiger partial charge in [-0.05, 0) is 17.7 Å². The van der Waals surface area contributed by atoms with Crippen LogP contribution in [0.2, 0.25) is 5.02 Å². The molecule has 3 heterocycles. The first-order valence-electron chi connectivity index (χ1n) is 6.63. The smallest absolute Gasteiger partial charge is 0.293 e. The molecule has 0 fully saturated rings. The predicted molar refractivity (Wildman–Crippen MR) is 76.7 cm³/mol. The molecule has 0 aliphatic rings. The summed E-state index contributed by atoms with van der Waals surface area (Å²) >= 11 is 5.90. The van der Waals surface area contributed by atoms with E-state index in [1.54, 1.807) is 6.92 Å². The molecule has 8 nitrogen and oxygen atoms in total. The van der Waals surface area contributed by atoms with Gasteiger partial charge in [0.25, 0.3) is 11.9 Å². The van der Waals surface area contributed by atoms with Crippen molar-refractivity contribution in [1.29, 1.82) is 0 Å². The number of imidazole rings is 1. The number of nitrogens with one attached hydrogen (secondary N) is 2. The molecule has 0 aromatic carbocycles. The first-order valence-corrected chi connectivity index (χ1v) is 7.01. The minimum absolute atomic E-state index is 0.0554. The average Bonchev–Trinajstić information content (AvgIpc) is 3.12. The predicted octanol–water partition coefficient (Wildman–Crippen LogP) is 2.33. The quantitative estimate of drug-likeness (QED) is 0.747. The molecule has 1 amide bonds. The van der Waals surface area contributed by atoms with Gasteiger partial charge >= 0.3 is 6.18 Å². The Morgan fingerprint density at radius 2 is 2.21 bits per heavy atom. The van der Waals surface area contributed by atoms with Gasteiger partial charge in [-0.15, -0.1) is 5.10 Å². The maximum absolute atomic E-state index is 13.0. The second-order valence-electron chi connectivity index (χ2n) is 4.72. The van der Waals surface area contributed by atoms with Crippen molar-refractivity contribution in [3.05, 3.63) is 34.2 Å². The fourth-order valence-electron chi connectivity index (χ4n) is 2.17. The van der Waals surface area contributed by atoms with Crippen molar-refractivity contribution in [2.45, 2.75) is 19.5 Å². The molecule has 0 atom stereocenters. The Balaban J connectivity index is 2.17. The number of alkyl halides is 3. The van der Waals surface area contributed by atoms with Crippen molar-refractivity contribution < 1.29 is 18.0 Å². The molecule has 0 aliphatic carbocycles. The number of H-pyrrole nitrogens is 1. The molecule has 2 N–H and O–H groups in total. The maximum Gasteiger partial charge on any atom is 0.417 e. The van der Waals surface area contributed by atoms with E-state index >= 15 is 0 Å². The summed E-state index contributed by atoms with van der Waals surface area (Å²) in [6, 6.07) is 0.768. The number of aromatic amines is 1. The fourth-order valence-corrected chi connectivity index (χ4v) is 2.42. The topological polar surface area (TPSA) is 101 Å². The summed E-state index contributed by atoms with van der Waals surface area (Å²) in [5.41, 5.74) is -0.726. The highest BCUT2D eigenvalue weighted by Gasteiger charge is 2.33. The van der Waals surface area contributed by atoms with Crippen LogP contribution >= 0.6 is 11.6 Å². The van der Waals surface area contributed by atoms with E-state index in [1.165, 1.54) is 0 Å². The molecule has 0 saturated heterocycles. The van der Waals surface area contributed by atoms with Gasteiger partial charge in [-0.1, -0.05) is 23.6 Å². The van der Waals surface area contributed by atoms with Crippen LogP contribution in [0.5, 0.6) is 0 Å². The number of anilines is 1. The zero-order valence-electron chi connectivity index (χ0n) is 12.0. The highest BCUT2D eigenvalue weighted by Crippen LogP contribution is 2.33.